The lowest BCUT2D eigenvalue weighted by Crippen LogP contribution is -2.32. The number of hydrogen-bond acceptors (Lipinski definition) is 4. The molecule has 6 heteroatoms. The Morgan fingerprint density at radius 1 is 1.18 bits per heavy atom. The van der Waals surface area contributed by atoms with Gasteiger partial charge in [0.1, 0.15) is 0 Å². The van der Waals surface area contributed by atoms with Gasteiger partial charge in [-0.2, -0.15) is 17.8 Å². The van der Waals surface area contributed by atoms with E-state index in [0.29, 0.717) is 13.1 Å². The molecule has 0 atom stereocenters. The topological polar surface area (TPSA) is 66.8 Å². The molecule has 1 heterocycles. The van der Waals surface area contributed by atoms with Crippen LogP contribution in [0.3, 0.4) is 0 Å². The standard InChI is InChI=1S/C5H11NO4S/c7-11(8,9)10-6-4-2-1-3-5-6/h1-5H2,(H,7,8,9). The van der Waals surface area contributed by atoms with Crippen LogP contribution >= 0.6 is 0 Å². The first-order valence-corrected chi connectivity index (χ1v) is 4.86. The van der Waals surface area contributed by atoms with Crippen LogP contribution in [0.15, 0.2) is 0 Å². The maximum atomic E-state index is 10.2. The SMILES string of the molecule is O=S(=O)(O)ON1CCCCC1. The Labute approximate surface area is 65.9 Å². The lowest BCUT2D eigenvalue weighted by atomic mass is 10.2. The Bertz CT molecular complexity index is 207. The van der Waals surface area contributed by atoms with E-state index >= 15 is 0 Å². The first kappa shape index (κ1) is 8.92. The van der Waals surface area contributed by atoms with Gasteiger partial charge < -0.3 is 0 Å². The third kappa shape index (κ3) is 3.66. The predicted octanol–water partition coefficient (Wildman–Crippen LogP) is 0.207. The van der Waals surface area contributed by atoms with E-state index in [-0.39, 0.29) is 0 Å². The van der Waals surface area contributed by atoms with E-state index in [1.54, 1.807) is 0 Å². The first-order chi connectivity index (χ1) is 5.08. The third-order valence-electron chi connectivity index (χ3n) is 1.51. The molecule has 0 saturated carbocycles. The van der Waals surface area contributed by atoms with Crippen molar-refractivity contribution >= 4 is 10.4 Å². The van der Waals surface area contributed by atoms with Crippen molar-refractivity contribution in [2.24, 2.45) is 0 Å². The van der Waals surface area contributed by atoms with Gasteiger partial charge in [-0.3, -0.25) is 4.55 Å². The fourth-order valence-corrected chi connectivity index (χ4v) is 1.49. The zero-order chi connectivity index (χ0) is 8.32. The van der Waals surface area contributed by atoms with Crippen molar-refractivity contribution in [3.05, 3.63) is 0 Å². The summed E-state index contributed by atoms with van der Waals surface area (Å²) in [6.07, 6.45) is 2.91. The summed E-state index contributed by atoms with van der Waals surface area (Å²) in [6, 6.07) is 0. The lowest BCUT2D eigenvalue weighted by molar-refractivity contribution is -0.0742. The highest BCUT2D eigenvalue weighted by molar-refractivity contribution is 7.80. The molecule has 0 aromatic heterocycles. The summed E-state index contributed by atoms with van der Waals surface area (Å²) in [7, 11) is -4.30. The molecule has 0 radical (unpaired) electrons. The molecular formula is C5H11NO4S. The van der Waals surface area contributed by atoms with Gasteiger partial charge >= 0.3 is 10.4 Å². The molecule has 0 amide bonds. The van der Waals surface area contributed by atoms with E-state index < -0.39 is 10.4 Å². The monoisotopic (exact) mass is 181 g/mol. The second-order valence-electron chi connectivity index (χ2n) is 2.49. The van der Waals surface area contributed by atoms with Crippen molar-refractivity contribution < 1.29 is 17.3 Å². The van der Waals surface area contributed by atoms with E-state index in [0.717, 1.165) is 19.3 Å². The molecule has 1 rings (SSSR count). The maximum absolute atomic E-state index is 10.2. The van der Waals surface area contributed by atoms with Crippen molar-refractivity contribution in [3.63, 3.8) is 0 Å². The molecule has 1 aliphatic rings. The number of rotatable bonds is 2. The molecule has 0 spiro atoms. The molecule has 0 unspecified atom stereocenters. The normalized spacial score (nSPS) is 21.9. The number of nitrogens with zero attached hydrogens (tertiary/aromatic N) is 1. The molecule has 66 valence electrons. The molecule has 1 fully saturated rings. The second-order valence-corrected chi connectivity index (χ2v) is 3.50. The van der Waals surface area contributed by atoms with Crippen LogP contribution < -0.4 is 0 Å². The van der Waals surface area contributed by atoms with E-state index in [2.05, 4.69) is 4.28 Å². The van der Waals surface area contributed by atoms with Gasteiger partial charge in [-0.1, -0.05) is 6.42 Å². The largest absolute Gasteiger partial charge is 0.413 e. The highest BCUT2D eigenvalue weighted by atomic mass is 32.3. The van der Waals surface area contributed by atoms with E-state index in [4.69, 9.17) is 4.55 Å². The Kier molecular flexibility index (Phi) is 2.83. The zero-order valence-corrected chi connectivity index (χ0v) is 6.88. The van der Waals surface area contributed by atoms with Gasteiger partial charge in [0.25, 0.3) is 0 Å². The Balaban J connectivity index is 2.36. The van der Waals surface area contributed by atoms with Gasteiger partial charge in [-0.05, 0) is 12.8 Å². The number of hydroxylamine groups is 2. The fourth-order valence-electron chi connectivity index (χ4n) is 1.07. The summed E-state index contributed by atoms with van der Waals surface area (Å²) in [5.41, 5.74) is 0. The van der Waals surface area contributed by atoms with Crippen LogP contribution in [0.4, 0.5) is 0 Å². The van der Waals surface area contributed by atoms with Crippen LogP contribution in [0, 0.1) is 0 Å². The average Bonchev–Trinajstić information content (AvgIpc) is 1.85. The van der Waals surface area contributed by atoms with Crippen LogP contribution in [0.25, 0.3) is 0 Å². The highest BCUT2D eigenvalue weighted by Crippen LogP contribution is 2.09. The first-order valence-electron chi connectivity index (χ1n) is 3.50. The Hall–Kier alpha value is -0.170. The minimum Gasteiger partial charge on any atom is -0.262 e. The lowest BCUT2D eigenvalue weighted by Gasteiger charge is -2.22. The van der Waals surface area contributed by atoms with Crippen LogP contribution in [0.2, 0.25) is 0 Å². The smallest absolute Gasteiger partial charge is 0.262 e. The van der Waals surface area contributed by atoms with Crippen molar-refractivity contribution in [3.8, 4) is 0 Å². The third-order valence-corrected chi connectivity index (χ3v) is 1.91. The Morgan fingerprint density at radius 3 is 2.18 bits per heavy atom. The van der Waals surface area contributed by atoms with Gasteiger partial charge in [-0.25, -0.2) is 0 Å². The zero-order valence-electron chi connectivity index (χ0n) is 6.06. The molecule has 1 saturated heterocycles. The van der Waals surface area contributed by atoms with Crippen molar-refractivity contribution in [1.82, 2.24) is 5.06 Å². The quantitative estimate of drug-likeness (QED) is 0.617. The van der Waals surface area contributed by atoms with Gasteiger partial charge in [0.05, 0.1) is 0 Å². The molecule has 11 heavy (non-hydrogen) atoms. The van der Waals surface area contributed by atoms with Gasteiger partial charge in [0.15, 0.2) is 0 Å². The molecular weight excluding hydrogens is 170 g/mol. The van der Waals surface area contributed by atoms with Crippen LogP contribution in [0.1, 0.15) is 19.3 Å². The molecule has 5 nitrogen and oxygen atoms in total. The van der Waals surface area contributed by atoms with Crippen LogP contribution in [0.5, 0.6) is 0 Å². The Morgan fingerprint density at radius 2 is 1.73 bits per heavy atom. The minimum absolute atomic E-state index is 0.569. The van der Waals surface area contributed by atoms with Gasteiger partial charge in [-0.15, -0.1) is 0 Å². The van der Waals surface area contributed by atoms with E-state index in [9.17, 15) is 8.42 Å². The summed E-state index contributed by atoms with van der Waals surface area (Å²) >= 11 is 0. The second kappa shape index (κ2) is 3.48. The summed E-state index contributed by atoms with van der Waals surface area (Å²) in [4.78, 5) is 0. The fraction of sp³-hybridized carbons (Fsp3) is 1.00. The number of piperidine rings is 1. The van der Waals surface area contributed by atoms with Crippen molar-refractivity contribution in [2.45, 2.75) is 19.3 Å². The van der Waals surface area contributed by atoms with Crippen LogP contribution in [-0.4, -0.2) is 31.1 Å². The summed E-state index contributed by atoms with van der Waals surface area (Å²) in [5, 5.41) is 1.26. The predicted molar refractivity (Wildman–Crippen MR) is 38.1 cm³/mol. The van der Waals surface area contributed by atoms with Crippen molar-refractivity contribution in [2.75, 3.05) is 13.1 Å². The highest BCUT2D eigenvalue weighted by Gasteiger charge is 2.16. The molecule has 0 aromatic carbocycles. The molecule has 0 aromatic rings. The van der Waals surface area contributed by atoms with Crippen LogP contribution in [-0.2, 0) is 14.7 Å². The van der Waals surface area contributed by atoms with Gasteiger partial charge in [0.2, 0.25) is 0 Å². The molecule has 1 N–H and O–H groups in total. The summed E-state index contributed by atoms with van der Waals surface area (Å²) in [5.74, 6) is 0. The summed E-state index contributed by atoms with van der Waals surface area (Å²) in [6.45, 7) is 1.14. The molecule has 0 bridgehead atoms. The molecule has 1 aliphatic heterocycles. The summed E-state index contributed by atoms with van der Waals surface area (Å²) < 4.78 is 32.9. The molecule has 0 aliphatic carbocycles. The minimum atomic E-state index is -4.30. The van der Waals surface area contributed by atoms with E-state index in [1.807, 2.05) is 0 Å². The van der Waals surface area contributed by atoms with E-state index in [1.165, 1.54) is 5.06 Å². The average molecular weight is 181 g/mol. The maximum Gasteiger partial charge on any atom is 0.413 e. The van der Waals surface area contributed by atoms with Gasteiger partial charge in [0, 0.05) is 13.1 Å². The van der Waals surface area contributed by atoms with Crippen molar-refractivity contribution in [1.29, 1.82) is 0 Å². The number of hydrogen-bond donors (Lipinski definition) is 1.